The summed E-state index contributed by atoms with van der Waals surface area (Å²) in [6, 6.07) is 5.06. The molecule has 14 heavy (non-hydrogen) atoms. The molecule has 0 aromatic carbocycles. The van der Waals surface area contributed by atoms with Crippen LogP contribution in [0.4, 0.5) is 0 Å². The van der Waals surface area contributed by atoms with Gasteiger partial charge in [-0.2, -0.15) is 0 Å². The SMILES string of the molecule is O=C(Oc1nccs1)c1ccccn1. The molecule has 2 aromatic heterocycles. The molecule has 0 radical (unpaired) electrons. The van der Waals surface area contributed by atoms with Crippen LogP contribution in [0, 0.1) is 0 Å². The first-order valence-corrected chi connectivity index (χ1v) is 4.77. The minimum Gasteiger partial charge on any atom is -0.393 e. The lowest BCUT2D eigenvalue weighted by atomic mass is 10.4. The van der Waals surface area contributed by atoms with E-state index in [9.17, 15) is 4.79 Å². The molecule has 0 saturated carbocycles. The number of carbonyl (C=O) groups excluding carboxylic acids is 1. The van der Waals surface area contributed by atoms with Crippen molar-refractivity contribution in [2.45, 2.75) is 0 Å². The first-order valence-electron chi connectivity index (χ1n) is 3.89. The Morgan fingerprint density at radius 1 is 1.29 bits per heavy atom. The highest BCUT2D eigenvalue weighted by Crippen LogP contribution is 2.14. The van der Waals surface area contributed by atoms with Gasteiger partial charge in [0.15, 0.2) is 0 Å². The normalized spacial score (nSPS) is 9.71. The van der Waals surface area contributed by atoms with Crippen LogP contribution < -0.4 is 4.74 Å². The van der Waals surface area contributed by atoms with Crippen molar-refractivity contribution in [1.29, 1.82) is 0 Å². The molecule has 70 valence electrons. The van der Waals surface area contributed by atoms with Crippen molar-refractivity contribution in [3.8, 4) is 5.19 Å². The van der Waals surface area contributed by atoms with E-state index in [1.54, 1.807) is 36.0 Å². The second-order valence-corrected chi connectivity index (χ2v) is 3.26. The van der Waals surface area contributed by atoms with Crippen LogP contribution in [0.3, 0.4) is 0 Å². The average Bonchev–Trinajstić information content (AvgIpc) is 2.72. The molecule has 4 nitrogen and oxygen atoms in total. The summed E-state index contributed by atoms with van der Waals surface area (Å²) in [7, 11) is 0. The molecule has 0 fully saturated rings. The predicted molar refractivity (Wildman–Crippen MR) is 51.3 cm³/mol. The van der Waals surface area contributed by atoms with Crippen LogP contribution in [0.1, 0.15) is 10.5 Å². The molecule has 2 aromatic rings. The van der Waals surface area contributed by atoms with Crippen molar-refractivity contribution >= 4 is 17.3 Å². The second kappa shape index (κ2) is 3.97. The van der Waals surface area contributed by atoms with Gasteiger partial charge < -0.3 is 4.74 Å². The molecule has 0 N–H and O–H groups in total. The lowest BCUT2D eigenvalue weighted by molar-refractivity contribution is 0.0728. The second-order valence-electron chi connectivity index (χ2n) is 2.40. The largest absolute Gasteiger partial charge is 0.393 e. The summed E-state index contributed by atoms with van der Waals surface area (Å²) in [5, 5.41) is 2.07. The summed E-state index contributed by atoms with van der Waals surface area (Å²) >= 11 is 1.26. The van der Waals surface area contributed by atoms with Crippen molar-refractivity contribution in [2.75, 3.05) is 0 Å². The standard InChI is InChI=1S/C9H6N2O2S/c12-8(7-3-1-2-4-10-7)13-9-11-5-6-14-9/h1-6H. The van der Waals surface area contributed by atoms with Gasteiger partial charge in [-0.3, -0.25) is 0 Å². The molecule has 0 saturated heterocycles. The molecule has 0 aliphatic heterocycles. The minimum atomic E-state index is -0.486. The number of esters is 1. The van der Waals surface area contributed by atoms with Gasteiger partial charge in [-0.15, -0.1) is 0 Å². The molecule has 0 amide bonds. The molecular weight excluding hydrogens is 200 g/mol. The lowest BCUT2D eigenvalue weighted by Crippen LogP contribution is -2.09. The third-order valence-electron chi connectivity index (χ3n) is 1.46. The fourth-order valence-corrected chi connectivity index (χ4v) is 1.36. The molecular formula is C9H6N2O2S. The Balaban J connectivity index is 2.11. The van der Waals surface area contributed by atoms with E-state index in [0.717, 1.165) is 0 Å². The highest BCUT2D eigenvalue weighted by atomic mass is 32.1. The minimum absolute atomic E-state index is 0.280. The zero-order chi connectivity index (χ0) is 9.80. The molecule has 0 spiro atoms. The van der Waals surface area contributed by atoms with Crippen LogP contribution >= 0.6 is 11.3 Å². The maximum Gasteiger partial charge on any atom is 0.364 e. The summed E-state index contributed by atoms with van der Waals surface area (Å²) in [5.41, 5.74) is 0.280. The van der Waals surface area contributed by atoms with E-state index in [4.69, 9.17) is 4.74 Å². The van der Waals surface area contributed by atoms with Crippen molar-refractivity contribution in [1.82, 2.24) is 9.97 Å². The van der Waals surface area contributed by atoms with E-state index in [1.165, 1.54) is 11.3 Å². The monoisotopic (exact) mass is 206 g/mol. The summed E-state index contributed by atoms with van der Waals surface area (Å²) < 4.78 is 4.95. The van der Waals surface area contributed by atoms with Gasteiger partial charge in [-0.05, 0) is 12.1 Å². The van der Waals surface area contributed by atoms with Crippen molar-refractivity contribution in [3.63, 3.8) is 0 Å². The van der Waals surface area contributed by atoms with E-state index >= 15 is 0 Å². The number of hydrogen-bond acceptors (Lipinski definition) is 5. The van der Waals surface area contributed by atoms with E-state index in [2.05, 4.69) is 9.97 Å². The van der Waals surface area contributed by atoms with Crippen LogP contribution in [0.2, 0.25) is 0 Å². The van der Waals surface area contributed by atoms with Crippen LogP contribution in [0.5, 0.6) is 5.19 Å². The average molecular weight is 206 g/mol. The molecule has 2 heterocycles. The van der Waals surface area contributed by atoms with E-state index in [0.29, 0.717) is 5.19 Å². The Kier molecular flexibility index (Phi) is 2.51. The fraction of sp³-hybridized carbons (Fsp3) is 0. The van der Waals surface area contributed by atoms with E-state index in [1.807, 2.05) is 0 Å². The predicted octanol–water partition coefficient (Wildman–Crippen LogP) is 1.76. The molecule has 5 heteroatoms. The quantitative estimate of drug-likeness (QED) is 0.702. The topological polar surface area (TPSA) is 52.1 Å². The van der Waals surface area contributed by atoms with Crippen molar-refractivity contribution < 1.29 is 9.53 Å². The Hall–Kier alpha value is -1.75. The number of aromatic nitrogens is 2. The maximum atomic E-state index is 11.4. The van der Waals surface area contributed by atoms with Gasteiger partial charge in [0.25, 0.3) is 5.19 Å². The summed E-state index contributed by atoms with van der Waals surface area (Å²) in [5.74, 6) is -0.486. The summed E-state index contributed by atoms with van der Waals surface area (Å²) in [4.78, 5) is 19.1. The Morgan fingerprint density at radius 3 is 2.86 bits per heavy atom. The van der Waals surface area contributed by atoms with Gasteiger partial charge in [0.2, 0.25) is 0 Å². The number of nitrogens with zero attached hydrogens (tertiary/aromatic N) is 2. The highest BCUT2D eigenvalue weighted by Gasteiger charge is 2.09. The molecule has 0 atom stereocenters. The van der Waals surface area contributed by atoms with Crippen LogP contribution in [0.25, 0.3) is 0 Å². The Bertz CT molecular complexity index is 414. The number of hydrogen-bond donors (Lipinski definition) is 0. The zero-order valence-corrected chi connectivity index (χ0v) is 7.90. The highest BCUT2D eigenvalue weighted by molar-refractivity contribution is 7.11. The zero-order valence-electron chi connectivity index (χ0n) is 7.08. The third-order valence-corrected chi connectivity index (χ3v) is 2.11. The van der Waals surface area contributed by atoms with Gasteiger partial charge >= 0.3 is 5.97 Å². The summed E-state index contributed by atoms with van der Waals surface area (Å²) in [6.45, 7) is 0. The Labute approximate surface area is 84.2 Å². The van der Waals surface area contributed by atoms with Crippen LogP contribution in [-0.2, 0) is 0 Å². The molecule has 0 bridgehead atoms. The number of pyridine rings is 1. The Morgan fingerprint density at radius 2 is 2.21 bits per heavy atom. The van der Waals surface area contributed by atoms with Crippen molar-refractivity contribution in [3.05, 3.63) is 41.7 Å². The first kappa shape index (κ1) is 8.83. The fourth-order valence-electron chi connectivity index (χ4n) is 0.876. The van der Waals surface area contributed by atoms with Crippen LogP contribution in [0.15, 0.2) is 36.0 Å². The molecule has 0 unspecified atom stereocenters. The first-order chi connectivity index (χ1) is 6.86. The van der Waals surface area contributed by atoms with Gasteiger partial charge in [0.05, 0.1) is 0 Å². The molecule has 0 aliphatic carbocycles. The number of ether oxygens (including phenoxy) is 1. The maximum absolute atomic E-state index is 11.4. The lowest BCUT2D eigenvalue weighted by Gasteiger charge is -1.97. The van der Waals surface area contributed by atoms with E-state index < -0.39 is 5.97 Å². The number of rotatable bonds is 2. The van der Waals surface area contributed by atoms with Gasteiger partial charge in [-0.1, -0.05) is 17.4 Å². The van der Waals surface area contributed by atoms with Gasteiger partial charge in [-0.25, -0.2) is 14.8 Å². The molecule has 0 aliphatic rings. The smallest absolute Gasteiger partial charge is 0.364 e. The van der Waals surface area contributed by atoms with E-state index in [-0.39, 0.29) is 5.69 Å². The van der Waals surface area contributed by atoms with Gasteiger partial charge in [0, 0.05) is 17.8 Å². The molecule has 2 rings (SSSR count). The number of thiazole rings is 1. The summed E-state index contributed by atoms with van der Waals surface area (Å²) in [6.07, 6.45) is 3.12. The number of carbonyl (C=O) groups is 1. The van der Waals surface area contributed by atoms with Crippen LogP contribution in [-0.4, -0.2) is 15.9 Å². The van der Waals surface area contributed by atoms with Crippen molar-refractivity contribution in [2.24, 2.45) is 0 Å². The third kappa shape index (κ3) is 1.94. The van der Waals surface area contributed by atoms with Gasteiger partial charge in [0.1, 0.15) is 5.69 Å².